The zero-order valence-electron chi connectivity index (χ0n) is 49.9. The number of nitrogens with two attached hydrogens (primary N) is 1. The predicted octanol–water partition coefficient (Wildman–Crippen LogP) is 20.6. The average Bonchev–Trinajstić information content (AvgIpc) is 3.42. The zero-order chi connectivity index (χ0) is 55.9. The van der Waals surface area contributed by atoms with Crippen molar-refractivity contribution in [3.63, 3.8) is 0 Å². The van der Waals surface area contributed by atoms with Crippen molar-refractivity contribution < 1.29 is 37.6 Å². The van der Waals surface area contributed by atoms with Gasteiger partial charge in [-0.15, -0.1) is 0 Å². The molecule has 0 aliphatic carbocycles. The Labute approximate surface area is 474 Å². The molecule has 0 saturated carbocycles. The largest absolute Gasteiger partial charge is 0.472 e. The number of phosphoric ester groups is 1. The van der Waals surface area contributed by atoms with Crippen LogP contribution in [0.4, 0.5) is 0 Å². The standard InChI is InChI=1S/C67H120NO8P/c1-3-5-7-9-11-13-15-17-19-21-23-25-27-29-31-32-34-35-37-39-41-43-45-47-49-51-53-55-57-59-66(69)73-63-65(64-75-77(71,72)74-62-61-68)76-67(70)60-58-56-54-52-50-48-46-44-42-40-38-36-33-30-28-26-24-22-20-18-16-14-12-10-8-6-4-2/h6,8,12,14,18,20,24,26,30,33,38,40,44,46,65H,3-5,7,9-11,13,15-17,19,21-23,25,27-29,31-32,34-37,39,41-43,45,47-64,68H2,1-2H3,(H,71,72)/b8-6-,14-12-,20-18-,26-24-,33-30-,40-38-,46-44-. The quantitative estimate of drug-likeness (QED) is 0.0264. The van der Waals surface area contributed by atoms with Gasteiger partial charge in [-0.25, -0.2) is 4.57 Å². The summed E-state index contributed by atoms with van der Waals surface area (Å²) in [6, 6.07) is 0. The van der Waals surface area contributed by atoms with Crippen LogP contribution in [0.2, 0.25) is 0 Å². The number of carbonyl (C=O) groups excluding carboxylic acids is 2. The van der Waals surface area contributed by atoms with Gasteiger partial charge in [0.15, 0.2) is 6.10 Å². The lowest BCUT2D eigenvalue weighted by Crippen LogP contribution is -2.29. The molecule has 0 saturated heterocycles. The minimum Gasteiger partial charge on any atom is -0.462 e. The summed E-state index contributed by atoms with van der Waals surface area (Å²) in [6.45, 7) is 3.64. The van der Waals surface area contributed by atoms with Gasteiger partial charge in [-0.05, 0) is 70.6 Å². The van der Waals surface area contributed by atoms with E-state index in [9.17, 15) is 19.0 Å². The number of rotatable bonds is 60. The van der Waals surface area contributed by atoms with Crippen molar-refractivity contribution in [2.24, 2.45) is 5.73 Å². The number of hydrogen-bond acceptors (Lipinski definition) is 8. The molecule has 0 aromatic heterocycles. The van der Waals surface area contributed by atoms with Crippen molar-refractivity contribution >= 4 is 19.8 Å². The molecule has 10 heteroatoms. The van der Waals surface area contributed by atoms with Crippen LogP contribution in [0.3, 0.4) is 0 Å². The molecule has 0 aliphatic heterocycles. The van der Waals surface area contributed by atoms with E-state index in [0.29, 0.717) is 6.42 Å². The molecule has 0 aromatic rings. The summed E-state index contributed by atoms with van der Waals surface area (Å²) >= 11 is 0. The second-order valence-corrected chi connectivity index (χ2v) is 22.7. The molecule has 0 rings (SSSR count). The van der Waals surface area contributed by atoms with Gasteiger partial charge < -0.3 is 20.1 Å². The lowest BCUT2D eigenvalue weighted by atomic mass is 10.0. The Hall–Kier alpha value is -2.81. The van der Waals surface area contributed by atoms with Gasteiger partial charge in [0.05, 0.1) is 13.2 Å². The van der Waals surface area contributed by atoms with Crippen LogP contribution in [0.25, 0.3) is 0 Å². The number of phosphoric acid groups is 1. The molecule has 2 atom stereocenters. The van der Waals surface area contributed by atoms with Crippen molar-refractivity contribution in [3.05, 3.63) is 85.1 Å². The molecule has 77 heavy (non-hydrogen) atoms. The van der Waals surface area contributed by atoms with E-state index in [1.165, 1.54) is 167 Å². The van der Waals surface area contributed by atoms with Crippen LogP contribution in [0.5, 0.6) is 0 Å². The van der Waals surface area contributed by atoms with E-state index in [2.05, 4.69) is 98.9 Å². The first-order chi connectivity index (χ1) is 37.8. The zero-order valence-corrected chi connectivity index (χ0v) is 50.8. The molecular weight excluding hydrogens is 978 g/mol. The fourth-order valence-corrected chi connectivity index (χ4v) is 9.86. The molecule has 0 bridgehead atoms. The first-order valence-electron chi connectivity index (χ1n) is 32.1. The van der Waals surface area contributed by atoms with Gasteiger partial charge >= 0.3 is 19.8 Å². The highest BCUT2D eigenvalue weighted by Gasteiger charge is 2.26. The molecule has 0 aromatic carbocycles. The Morgan fingerprint density at radius 1 is 0.403 bits per heavy atom. The number of unbranched alkanes of at least 4 members (excludes halogenated alkanes) is 33. The molecule has 0 aliphatic rings. The van der Waals surface area contributed by atoms with E-state index >= 15 is 0 Å². The van der Waals surface area contributed by atoms with E-state index < -0.39 is 26.5 Å². The summed E-state index contributed by atoms with van der Waals surface area (Å²) in [4.78, 5) is 35.3. The third-order valence-electron chi connectivity index (χ3n) is 13.8. The highest BCUT2D eigenvalue weighted by molar-refractivity contribution is 7.47. The van der Waals surface area contributed by atoms with E-state index in [1.54, 1.807) is 0 Å². The minimum atomic E-state index is -4.40. The molecule has 446 valence electrons. The average molecular weight is 1100 g/mol. The Balaban J connectivity index is 3.96. The lowest BCUT2D eigenvalue weighted by Gasteiger charge is -2.19. The van der Waals surface area contributed by atoms with Crippen LogP contribution >= 0.6 is 7.82 Å². The number of ether oxygens (including phenoxy) is 2. The topological polar surface area (TPSA) is 134 Å². The van der Waals surface area contributed by atoms with Crippen molar-refractivity contribution in [1.82, 2.24) is 0 Å². The van der Waals surface area contributed by atoms with Gasteiger partial charge in [0.1, 0.15) is 6.61 Å². The molecule has 0 fully saturated rings. The van der Waals surface area contributed by atoms with Gasteiger partial charge in [-0.1, -0.05) is 298 Å². The summed E-state index contributed by atoms with van der Waals surface area (Å²) in [5.74, 6) is -0.843. The van der Waals surface area contributed by atoms with E-state index in [-0.39, 0.29) is 38.6 Å². The number of esters is 2. The molecule has 0 amide bonds. The first kappa shape index (κ1) is 74.2. The molecule has 0 radical (unpaired) electrons. The monoisotopic (exact) mass is 1100 g/mol. The normalized spacial score (nSPS) is 13.6. The minimum absolute atomic E-state index is 0.0470. The van der Waals surface area contributed by atoms with Gasteiger partial charge in [-0.2, -0.15) is 0 Å². The first-order valence-corrected chi connectivity index (χ1v) is 33.6. The summed E-state index contributed by atoms with van der Waals surface area (Å²) < 4.78 is 33.1. The van der Waals surface area contributed by atoms with Crippen molar-refractivity contribution in [2.45, 2.75) is 302 Å². The Bertz CT molecular complexity index is 1530. The maximum absolute atomic E-state index is 12.7. The van der Waals surface area contributed by atoms with Crippen LogP contribution < -0.4 is 5.73 Å². The molecule has 2 unspecified atom stereocenters. The Morgan fingerprint density at radius 2 is 0.714 bits per heavy atom. The van der Waals surface area contributed by atoms with Crippen molar-refractivity contribution in [3.8, 4) is 0 Å². The Morgan fingerprint density at radius 3 is 1.06 bits per heavy atom. The SMILES string of the molecule is CC/C=C\C/C=C\C/C=C\C/C=C\C/C=C\C/C=C\C/C=C\CCCCCCCC(=O)OC(COC(=O)CCCCCCCCCCCCCCCCCCCCCCCCCCCCCCC)COP(=O)(O)OCCN. The second kappa shape index (κ2) is 62.4. The third-order valence-corrected chi connectivity index (χ3v) is 14.8. The third kappa shape index (κ3) is 62.3. The molecular formula is C67H120NO8P. The van der Waals surface area contributed by atoms with Crippen molar-refractivity contribution in [2.75, 3.05) is 26.4 Å². The maximum Gasteiger partial charge on any atom is 0.472 e. The van der Waals surface area contributed by atoms with Gasteiger partial charge in [0, 0.05) is 19.4 Å². The maximum atomic E-state index is 12.7. The van der Waals surface area contributed by atoms with Gasteiger partial charge in [0.25, 0.3) is 0 Å². The molecule has 9 nitrogen and oxygen atoms in total. The summed E-state index contributed by atoms with van der Waals surface area (Å²) in [7, 11) is -4.40. The predicted molar refractivity (Wildman–Crippen MR) is 330 cm³/mol. The second-order valence-electron chi connectivity index (χ2n) is 21.3. The Kier molecular flexibility index (Phi) is 60.1. The van der Waals surface area contributed by atoms with Crippen LogP contribution in [0, 0.1) is 0 Å². The fourth-order valence-electron chi connectivity index (χ4n) is 9.09. The van der Waals surface area contributed by atoms with Crippen LogP contribution in [-0.2, 0) is 32.7 Å². The van der Waals surface area contributed by atoms with Gasteiger partial charge in [-0.3, -0.25) is 18.6 Å². The molecule has 3 N–H and O–H groups in total. The number of hydrogen-bond donors (Lipinski definition) is 2. The fraction of sp³-hybridized carbons (Fsp3) is 0.761. The number of allylic oxidation sites excluding steroid dienone is 14. The van der Waals surface area contributed by atoms with E-state index in [4.69, 9.17) is 24.3 Å². The lowest BCUT2D eigenvalue weighted by molar-refractivity contribution is -0.161. The number of carbonyl (C=O) groups is 2. The van der Waals surface area contributed by atoms with Gasteiger partial charge in [0.2, 0.25) is 0 Å². The van der Waals surface area contributed by atoms with E-state index in [0.717, 1.165) is 96.3 Å². The molecule has 0 heterocycles. The summed E-state index contributed by atoms with van der Waals surface area (Å²) in [5.41, 5.74) is 5.39. The molecule has 0 spiro atoms. The summed E-state index contributed by atoms with van der Waals surface area (Å²) in [6.07, 6.45) is 82.3. The van der Waals surface area contributed by atoms with Crippen LogP contribution in [0.1, 0.15) is 296 Å². The smallest absolute Gasteiger partial charge is 0.462 e. The van der Waals surface area contributed by atoms with Crippen molar-refractivity contribution in [1.29, 1.82) is 0 Å². The van der Waals surface area contributed by atoms with E-state index in [1.807, 2.05) is 0 Å². The van der Waals surface area contributed by atoms with Crippen LogP contribution in [0.15, 0.2) is 85.1 Å². The highest BCUT2D eigenvalue weighted by atomic mass is 31.2. The van der Waals surface area contributed by atoms with Crippen LogP contribution in [-0.4, -0.2) is 49.3 Å². The summed E-state index contributed by atoms with van der Waals surface area (Å²) in [5, 5.41) is 0. The highest BCUT2D eigenvalue weighted by Crippen LogP contribution is 2.43.